The highest BCUT2D eigenvalue weighted by atomic mass is 16.5. The molecule has 0 aliphatic carbocycles. The minimum Gasteiger partial charge on any atom is -0.481 e. The SMILES string of the molecule is CC1CCC(C(=O)O)CO1. The highest BCUT2D eigenvalue weighted by Gasteiger charge is 2.23. The van der Waals surface area contributed by atoms with Crippen molar-refractivity contribution in [3.63, 3.8) is 0 Å². The van der Waals surface area contributed by atoms with E-state index < -0.39 is 5.97 Å². The van der Waals surface area contributed by atoms with Crippen LogP contribution in [0.2, 0.25) is 0 Å². The van der Waals surface area contributed by atoms with Gasteiger partial charge in [-0.3, -0.25) is 4.79 Å². The van der Waals surface area contributed by atoms with E-state index in [0.29, 0.717) is 6.61 Å². The fourth-order valence-electron chi connectivity index (χ4n) is 1.08. The van der Waals surface area contributed by atoms with Crippen molar-refractivity contribution in [2.45, 2.75) is 25.9 Å². The van der Waals surface area contributed by atoms with Gasteiger partial charge in [0.2, 0.25) is 0 Å². The van der Waals surface area contributed by atoms with Crippen molar-refractivity contribution in [3.05, 3.63) is 0 Å². The molecule has 1 N–H and O–H groups in total. The van der Waals surface area contributed by atoms with Crippen LogP contribution in [0.15, 0.2) is 0 Å². The molecule has 0 aromatic carbocycles. The van der Waals surface area contributed by atoms with Crippen LogP contribution in [-0.2, 0) is 9.53 Å². The van der Waals surface area contributed by atoms with E-state index in [9.17, 15) is 4.79 Å². The second-order valence-electron chi connectivity index (χ2n) is 2.76. The molecule has 1 aliphatic rings. The van der Waals surface area contributed by atoms with Crippen molar-refractivity contribution < 1.29 is 14.6 Å². The fraction of sp³-hybridized carbons (Fsp3) is 0.857. The van der Waals surface area contributed by atoms with Gasteiger partial charge in [0.1, 0.15) is 0 Å². The van der Waals surface area contributed by atoms with E-state index in [1.54, 1.807) is 0 Å². The van der Waals surface area contributed by atoms with Crippen molar-refractivity contribution >= 4 is 5.97 Å². The monoisotopic (exact) mass is 144 g/mol. The van der Waals surface area contributed by atoms with Crippen molar-refractivity contribution in [1.82, 2.24) is 0 Å². The maximum absolute atomic E-state index is 10.4. The standard InChI is InChI=1S/C7H12O3/c1-5-2-3-6(4-10-5)7(8)9/h5-6H,2-4H2,1H3,(H,8,9). The van der Waals surface area contributed by atoms with Crippen LogP contribution in [-0.4, -0.2) is 23.8 Å². The molecule has 0 aromatic heterocycles. The number of carbonyl (C=O) groups is 1. The van der Waals surface area contributed by atoms with Gasteiger partial charge in [0.15, 0.2) is 0 Å². The maximum atomic E-state index is 10.4. The van der Waals surface area contributed by atoms with E-state index in [1.165, 1.54) is 0 Å². The van der Waals surface area contributed by atoms with Crippen LogP contribution in [0, 0.1) is 5.92 Å². The third-order valence-corrected chi connectivity index (χ3v) is 1.85. The lowest BCUT2D eigenvalue weighted by Gasteiger charge is -2.23. The van der Waals surface area contributed by atoms with Crippen LogP contribution < -0.4 is 0 Å². The summed E-state index contributed by atoms with van der Waals surface area (Å²) in [7, 11) is 0. The van der Waals surface area contributed by atoms with Gasteiger partial charge in [0.05, 0.1) is 18.6 Å². The third-order valence-electron chi connectivity index (χ3n) is 1.85. The number of carboxylic acid groups (broad SMARTS) is 1. The zero-order chi connectivity index (χ0) is 7.56. The average molecular weight is 144 g/mol. The first-order valence-corrected chi connectivity index (χ1v) is 3.54. The van der Waals surface area contributed by atoms with Gasteiger partial charge >= 0.3 is 5.97 Å². The minimum atomic E-state index is -0.730. The van der Waals surface area contributed by atoms with Crippen molar-refractivity contribution in [3.8, 4) is 0 Å². The summed E-state index contributed by atoms with van der Waals surface area (Å²) >= 11 is 0. The smallest absolute Gasteiger partial charge is 0.308 e. The van der Waals surface area contributed by atoms with Gasteiger partial charge in [0.25, 0.3) is 0 Å². The number of carboxylic acids is 1. The van der Waals surface area contributed by atoms with Gasteiger partial charge in [-0.15, -0.1) is 0 Å². The molecule has 1 aliphatic heterocycles. The second-order valence-corrected chi connectivity index (χ2v) is 2.76. The van der Waals surface area contributed by atoms with Gasteiger partial charge < -0.3 is 9.84 Å². The molecule has 1 fully saturated rings. The zero-order valence-electron chi connectivity index (χ0n) is 6.04. The summed E-state index contributed by atoms with van der Waals surface area (Å²) in [6, 6.07) is 0. The van der Waals surface area contributed by atoms with Crippen LogP contribution in [0.25, 0.3) is 0 Å². The highest BCUT2D eigenvalue weighted by Crippen LogP contribution is 2.18. The molecule has 1 heterocycles. The number of aliphatic carboxylic acids is 1. The minimum absolute atomic E-state index is 0.246. The van der Waals surface area contributed by atoms with E-state index in [-0.39, 0.29) is 12.0 Å². The Balaban J connectivity index is 2.33. The van der Waals surface area contributed by atoms with E-state index >= 15 is 0 Å². The van der Waals surface area contributed by atoms with Gasteiger partial charge in [-0.1, -0.05) is 0 Å². The van der Waals surface area contributed by atoms with Crippen molar-refractivity contribution in [2.75, 3.05) is 6.61 Å². The summed E-state index contributed by atoms with van der Waals surface area (Å²) in [5.74, 6) is -0.997. The summed E-state index contributed by atoms with van der Waals surface area (Å²) < 4.78 is 5.17. The van der Waals surface area contributed by atoms with Crippen LogP contribution >= 0.6 is 0 Å². The number of hydrogen-bond donors (Lipinski definition) is 1. The molecule has 58 valence electrons. The Morgan fingerprint density at radius 2 is 2.30 bits per heavy atom. The topological polar surface area (TPSA) is 46.5 Å². The van der Waals surface area contributed by atoms with Gasteiger partial charge in [0, 0.05) is 0 Å². The van der Waals surface area contributed by atoms with E-state index in [0.717, 1.165) is 12.8 Å². The molecule has 1 rings (SSSR count). The Hall–Kier alpha value is -0.570. The summed E-state index contributed by atoms with van der Waals surface area (Å²) in [6.07, 6.45) is 1.88. The molecule has 3 nitrogen and oxygen atoms in total. The molecule has 0 bridgehead atoms. The van der Waals surface area contributed by atoms with E-state index in [4.69, 9.17) is 9.84 Å². The summed E-state index contributed by atoms with van der Waals surface area (Å²) in [4.78, 5) is 10.4. The summed E-state index contributed by atoms with van der Waals surface area (Å²) in [5.41, 5.74) is 0. The van der Waals surface area contributed by atoms with Crippen molar-refractivity contribution in [2.24, 2.45) is 5.92 Å². The largest absolute Gasteiger partial charge is 0.481 e. The molecule has 10 heavy (non-hydrogen) atoms. The Kier molecular flexibility index (Phi) is 2.27. The third kappa shape index (κ3) is 1.70. The molecule has 2 atom stereocenters. The average Bonchev–Trinajstić information content (AvgIpc) is 1.88. The van der Waals surface area contributed by atoms with Crippen LogP contribution in [0.3, 0.4) is 0 Å². The Bertz CT molecular complexity index is 125. The molecule has 0 aromatic rings. The predicted molar refractivity (Wildman–Crippen MR) is 35.8 cm³/mol. The first kappa shape index (κ1) is 7.54. The predicted octanol–water partition coefficient (Wildman–Crippen LogP) is 0.886. The number of ether oxygens (including phenoxy) is 1. The Morgan fingerprint density at radius 3 is 2.70 bits per heavy atom. The molecule has 0 radical (unpaired) electrons. The molecule has 0 amide bonds. The fourth-order valence-corrected chi connectivity index (χ4v) is 1.08. The van der Waals surface area contributed by atoms with Gasteiger partial charge in [-0.2, -0.15) is 0 Å². The molecule has 3 heteroatoms. The second kappa shape index (κ2) is 3.01. The van der Waals surface area contributed by atoms with Crippen LogP contribution in [0.4, 0.5) is 0 Å². The van der Waals surface area contributed by atoms with Crippen molar-refractivity contribution in [1.29, 1.82) is 0 Å². The van der Waals surface area contributed by atoms with Gasteiger partial charge in [-0.05, 0) is 19.8 Å². The summed E-state index contributed by atoms with van der Waals surface area (Å²) in [5, 5.41) is 8.54. The van der Waals surface area contributed by atoms with E-state index in [2.05, 4.69) is 0 Å². The number of hydrogen-bond acceptors (Lipinski definition) is 2. The molecule has 0 saturated carbocycles. The molecule has 1 saturated heterocycles. The zero-order valence-corrected chi connectivity index (χ0v) is 6.04. The highest BCUT2D eigenvalue weighted by molar-refractivity contribution is 5.70. The van der Waals surface area contributed by atoms with E-state index in [1.807, 2.05) is 6.92 Å². The van der Waals surface area contributed by atoms with Gasteiger partial charge in [-0.25, -0.2) is 0 Å². The lowest BCUT2D eigenvalue weighted by atomic mass is 10.00. The first-order chi connectivity index (χ1) is 4.70. The first-order valence-electron chi connectivity index (χ1n) is 3.54. The van der Waals surface area contributed by atoms with Crippen LogP contribution in [0.1, 0.15) is 19.8 Å². The Morgan fingerprint density at radius 1 is 1.60 bits per heavy atom. The lowest BCUT2D eigenvalue weighted by Crippen LogP contribution is -2.28. The molecular weight excluding hydrogens is 132 g/mol. The lowest BCUT2D eigenvalue weighted by molar-refractivity contribution is -0.147. The van der Waals surface area contributed by atoms with Crippen LogP contribution in [0.5, 0.6) is 0 Å². The molecular formula is C7H12O3. The quantitative estimate of drug-likeness (QED) is 0.594. The normalized spacial score (nSPS) is 33.7. The molecule has 2 unspecified atom stereocenters. The maximum Gasteiger partial charge on any atom is 0.308 e. The summed E-state index contributed by atoms with van der Waals surface area (Å²) in [6.45, 7) is 2.36. The Labute approximate surface area is 60.0 Å². The molecule has 0 spiro atoms. The number of rotatable bonds is 1.